The van der Waals surface area contributed by atoms with Crippen molar-refractivity contribution in [1.29, 1.82) is 0 Å². The highest BCUT2D eigenvalue weighted by Gasteiger charge is 2.35. The first-order valence-electron chi connectivity index (χ1n) is 10.4. The third-order valence-electron chi connectivity index (χ3n) is 5.22. The van der Waals surface area contributed by atoms with Gasteiger partial charge in [-0.1, -0.05) is 45.6 Å². The van der Waals surface area contributed by atoms with Gasteiger partial charge in [-0.3, -0.25) is 9.59 Å². The van der Waals surface area contributed by atoms with E-state index in [0.717, 1.165) is 0 Å². The Morgan fingerprint density at radius 3 is 2.74 bits per heavy atom. The van der Waals surface area contributed by atoms with Crippen LogP contribution >= 0.6 is 0 Å². The van der Waals surface area contributed by atoms with E-state index in [1.54, 1.807) is 12.1 Å². The maximum atomic E-state index is 14.3. The lowest BCUT2D eigenvalue weighted by Crippen LogP contribution is -2.53. The third kappa shape index (κ3) is 4.69. The molecule has 0 fully saturated rings. The largest absolute Gasteiger partial charge is 0.373 e. The summed E-state index contributed by atoms with van der Waals surface area (Å²) in [6, 6.07) is 4.02. The number of imidazole rings is 1. The quantitative estimate of drug-likeness (QED) is 0.740. The zero-order valence-electron chi connectivity index (χ0n) is 18.4. The van der Waals surface area contributed by atoms with Crippen molar-refractivity contribution in [3.63, 3.8) is 0 Å². The predicted octanol–water partition coefficient (Wildman–Crippen LogP) is 3.14. The monoisotopic (exact) mass is 428 g/mol. The van der Waals surface area contributed by atoms with Crippen LogP contribution in [-0.2, 0) is 22.7 Å². The average molecular weight is 429 g/mol. The molecule has 31 heavy (non-hydrogen) atoms. The Labute approximate surface area is 181 Å². The number of carbonyl (C=O) groups excluding carboxylic acids is 2. The van der Waals surface area contributed by atoms with Crippen LogP contribution < -0.4 is 10.6 Å². The fraction of sp³-hybridized carbons (Fsp3) is 0.435. The van der Waals surface area contributed by atoms with Gasteiger partial charge in [-0.2, -0.15) is 0 Å². The van der Waals surface area contributed by atoms with E-state index in [9.17, 15) is 14.0 Å². The fourth-order valence-electron chi connectivity index (χ4n) is 3.58. The lowest BCUT2D eigenvalue weighted by molar-refractivity contribution is -0.125. The van der Waals surface area contributed by atoms with Crippen LogP contribution in [0.2, 0.25) is 0 Å². The minimum Gasteiger partial charge on any atom is -0.373 e. The number of ether oxygens (including phenoxy) is 1. The molecule has 1 aliphatic heterocycles. The number of halogens is 1. The average Bonchev–Trinajstić information content (AvgIpc) is 3.11. The minimum atomic E-state index is -0.741. The summed E-state index contributed by atoms with van der Waals surface area (Å²) in [6.07, 6.45) is 1.45. The Morgan fingerprint density at radius 2 is 2.13 bits per heavy atom. The number of fused-ring (bicyclic) bond motifs is 1. The smallest absolute Gasteiger partial charge is 0.272 e. The second-order valence-electron chi connectivity index (χ2n) is 8.54. The Morgan fingerprint density at radius 1 is 1.39 bits per heavy atom. The number of likely N-dealkylation sites (N-methyl/N-ethyl adjacent to an activating group) is 1. The number of nitrogens with zero attached hydrogens (tertiary/aromatic N) is 2. The molecule has 1 aliphatic rings. The summed E-state index contributed by atoms with van der Waals surface area (Å²) in [5.41, 5.74) is 1.24. The fourth-order valence-corrected chi connectivity index (χ4v) is 3.58. The zero-order valence-corrected chi connectivity index (χ0v) is 18.4. The molecule has 0 aliphatic carbocycles. The summed E-state index contributed by atoms with van der Waals surface area (Å²) in [5, 5.41) is 5.60. The van der Waals surface area contributed by atoms with E-state index >= 15 is 0 Å². The second-order valence-corrected chi connectivity index (χ2v) is 8.54. The van der Waals surface area contributed by atoms with Crippen molar-refractivity contribution in [2.75, 3.05) is 13.2 Å². The highest BCUT2D eigenvalue weighted by Crippen LogP contribution is 2.28. The number of benzene rings is 1. The van der Waals surface area contributed by atoms with Gasteiger partial charge in [0.1, 0.15) is 17.7 Å². The van der Waals surface area contributed by atoms with E-state index < -0.39 is 23.2 Å². The molecule has 0 radical (unpaired) electrons. The molecule has 0 saturated heterocycles. The molecule has 1 aromatic carbocycles. The zero-order chi connectivity index (χ0) is 22.8. The summed E-state index contributed by atoms with van der Waals surface area (Å²) in [7, 11) is 0. The maximum Gasteiger partial charge on any atom is 0.272 e. The summed E-state index contributed by atoms with van der Waals surface area (Å²) in [5.74, 6) is -0.639. The predicted molar refractivity (Wildman–Crippen MR) is 117 cm³/mol. The molecule has 3 rings (SSSR count). The maximum absolute atomic E-state index is 14.3. The lowest BCUT2D eigenvalue weighted by atomic mass is 9.86. The van der Waals surface area contributed by atoms with E-state index in [2.05, 4.69) is 22.2 Å². The Bertz CT molecular complexity index is 1010. The molecule has 166 valence electrons. The molecule has 8 heteroatoms. The van der Waals surface area contributed by atoms with Crippen molar-refractivity contribution >= 4 is 17.9 Å². The molecule has 1 unspecified atom stereocenters. The van der Waals surface area contributed by atoms with Crippen LogP contribution in [0.3, 0.4) is 0 Å². The molecule has 2 N–H and O–H groups in total. The third-order valence-corrected chi connectivity index (χ3v) is 5.22. The van der Waals surface area contributed by atoms with Gasteiger partial charge in [-0.25, -0.2) is 9.37 Å². The molecule has 0 bridgehead atoms. The first-order chi connectivity index (χ1) is 14.7. The van der Waals surface area contributed by atoms with E-state index in [0.29, 0.717) is 42.3 Å². The Balaban J connectivity index is 2.00. The van der Waals surface area contributed by atoms with Crippen molar-refractivity contribution in [1.82, 2.24) is 20.2 Å². The first-order valence-corrected chi connectivity index (χ1v) is 10.4. The van der Waals surface area contributed by atoms with Crippen molar-refractivity contribution in [3.05, 3.63) is 47.5 Å². The van der Waals surface area contributed by atoms with E-state index in [1.807, 2.05) is 32.3 Å². The van der Waals surface area contributed by atoms with Crippen molar-refractivity contribution < 1.29 is 18.7 Å². The number of carbonyl (C=O) groups is 2. The molecule has 0 spiro atoms. The molecule has 0 saturated carbocycles. The number of hydrogen-bond donors (Lipinski definition) is 2. The highest BCUT2D eigenvalue weighted by atomic mass is 19.1. The van der Waals surface area contributed by atoms with Crippen LogP contribution in [0.1, 0.15) is 49.4 Å². The normalized spacial score (nSPS) is 14.5. The van der Waals surface area contributed by atoms with Crippen LogP contribution in [-0.4, -0.2) is 40.6 Å². The van der Waals surface area contributed by atoms with Gasteiger partial charge in [0.2, 0.25) is 5.91 Å². The standard InChI is InChI=1S/C23H29FN4O3/c1-6-14-8-9-15(12-16(14)24)20-26-18(17-13-31-11-10-28(17)20)21(29)27-19(23(3,4)5)22(30)25-7-2/h6,8-9,12,19H,1,7,10-11,13H2,2-5H3,(H,25,30)(H,27,29). The van der Waals surface area contributed by atoms with Crippen LogP contribution in [0.25, 0.3) is 17.5 Å². The SMILES string of the molecule is C=Cc1ccc(-c2nc(C(=O)NC(C(=O)NCC)C(C)(C)C)c3n2CCOC3)cc1F. The lowest BCUT2D eigenvalue weighted by Gasteiger charge is -2.30. The van der Waals surface area contributed by atoms with Crippen LogP contribution in [0.15, 0.2) is 24.8 Å². The summed E-state index contributed by atoms with van der Waals surface area (Å²) < 4.78 is 21.8. The number of aromatic nitrogens is 2. The van der Waals surface area contributed by atoms with Crippen molar-refractivity contribution in [2.45, 2.75) is 46.9 Å². The van der Waals surface area contributed by atoms with Crippen molar-refractivity contribution in [3.8, 4) is 11.4 Å². The molecule has 2 aromatic rings. The molecule has 1 aromatic heterocycles. The van der Waals surface area contributed by atoms with Gasteiger partial charge in [0.05, 0.1) is 18.9 Å². The van der Waals surface area contributed by atoms with Crippen molar-refractivity contribution in [2.24, 2.45) is 5.41 Å². The molecule has 1 atom stereocenters. The molecule has 2 heterocycles. The molecule has 7 nitrogen and oxygen atoms in total. The number of rotatable bonds is 6. The summed E-state index contributed by atoms with van der Waals surface area (Å²) in [6.45, 7) is 12.7. The topological polar surface area (TPSA) is 85.3 Å². The Kier molecular flexibility index (Phi) is 6.59. The minimum absolute atomic E-state index is 0.182. The number of amides is 2. The van der Waals surface area contributed by atoms with Gasteiger partial charge < -0.3 is 19.9 Å². The second kappa shape index (κ2) is 9.01. The molecular formula is C23H29FN4O3. The number of nitrogens with one attached hydrogen (secondary N) is 2. The van der Waals surface area contributed by atoms with Gasteiger partial charge in [-0.15, -0.1) is 0 Å². The summed E-state index contributed by atoms with van der Waals surface area (Å²) >= 11 is 0. The van der Waals surface area contributed by atoms with Gasteiger partial charge in [0.15, 0.2) is 5.69 Å². The summed E-state index contributed by atoms with van der Waals surface area (Å²) in [4.78, 5) is 30.3. The van der Waals surface area contributed by atoms with Gasteiger partial charge in [-0.05, 0) is 18.4 Å². The van der Waals surface area contributed by atoms with Crippen LogP contribution in [0.5, 0.6) is 0 Å². The van der Waals surface area contributed by atoms with Gasteiger partial charge in [0, 0.05) is 24.2 Å². The van der Waals surface area contributed by atoms with Crippen LogP contribution in [0, 0.1) is 11.2 Å². The van der Waals surface area contributed by atoms with E-state index in [4.69, 9.17) is 4.74 Å². The van der Waals surface area contributed by atoms with Gasteiger partial charge in [0.25, 0.3) is 5.91 Å². The van der Waals surface area contributed by atoms with E-state index in [1.165, 1.54) is 12.1 Å². The molecule has 2 amide bonds. The first kappa shape index (κ1) is 22.7. The number of hydrogen-bond acceptors (Lipinski definition) is 4. The molecular weight excluding hydrogens is 399 g/mol. The van der Waals surface area contributed by atoms with Gasteiger partial charge >= 0.3 is 0 Å². The Hall–Kier alpha value is -3.00. The van der Waals surface area contributed by atoms with E-state index in [-0.39, 0.29) is 18.2 Å². The van der Waals surface area contributed by atoms with Crippen LogP contribution in [0.4, 0.5) is 4.39 Å². The highest BCUT2D eigenvalue weighted by molar-refractivity contribution is 5.98.